The Morgan fingerprint density at radius 3 is 2.32 bits per heavy atom. The molecule has 2 aromatic rings. The normalized spacial score (nSPS) is 11.7. The summed E-state index contributed by atoms with van der Waals surface area (Å²) in [6, 6.07) is 8.70. The number of nitrogens with zero attached hydrogens (tertiary/aromatic N) is 1. The Morgan fingerprint density at radius 2 is 1.77 bits per heavy atom. The smallest absolute Gasteiger partial charge is 0.258 e. The van der Waals surface area contributed by atoms with Crippen LogP contribution >= 0.6 is 15.9 Å². The van der Waals surface area contributed by atoms with Gasteiger partial charge in [0, 0.05) is 27.6 Å². The van der Waals surface area contributed by atoms with Crippen LogP contribution in [-0.4, -0.2) is 13.3 Å². The van der Waals surface area contributed by atoms with Crippen LogP contribution in [0.25, 0.3) is 6.08 Å². The molecule has 0 heterocycles. The minimum Gasteiger partial charge on any atom is -0.258 e. The quantitative estimate of drug-likeness (QED) is 0.589. The number of nitro groups is 1. The highest BCUT2D eigenvalue weighted by Crippen LogP contribution is 2.20. The van der Waals surface area contributed by atoms with Gasteiger partial charge in [0.2, 0.25) is 0 Å². The molecule has 0 spiro atoms. The number of non-ortho nitro benzene ring substituents is 1. The summed E-state index contributed by atoms with van der Waals surface area (Å²) in [6.45, 7) is 0. The molecule has 0 unspecified atom stereocenters. The number of rotatable bonds is 4. The first-order chi connectivity index (χ1) is 10.3. The van der Waals surface area contributed by atoms with Crippen LogP contribution in [0.2, 0.25) is 0 Å². The van der Waals surface area contributed by atoms with Crippen molar-refractivity contribution < 1.29 is 17.7 Å². The van der Waals surface area contributed by atoms with E-state index in [2.05, 4.69) is 15.9 Å². The van der Waals surface area contributed by atoms with Gasteiger partial charge >= 0.3 is 0 Å². The fraction of sp³-hybridized carbons (Fsp3) is 0. The lowest BCUT2D eigenvalue weighted by atomic mass is 10.2. The molecule has 0 aliphatic heterocycles. The largest absolute Gasteiger partial charge is 0.269 e. The Labute approximate surface area is 134 Å². The van der Waals surface area contributed by atoms with Gasteiger partial charge in [-0.05, 0) is 30.3 Å². The molecule has 8 heteroatoms. The second-order valence-corrected chi connectivity index (χ2v) is 7.01. The summed E-state index contributed by atoms with van der Waals surface area (Å²) in [5.41, 5.74) is -0.0874. The molecule has 0 fully saturated rings. The maximum atomic E-state index is 13.6. The monoisotopic (exact) mass is 385 g/mol. The van der Waals surface area contributed by atoms with Gasteiger partial charge in [-0.25, -0.2) is 12.8 Å². The van der Waals surface area contributed by atoms with Crippen molar-refractivity contribution in [2.75, 3.05) is 0 Å². The second-order valence-electron chi connectivity index (χ2n) is 4.26. The van der Waals surface area contributed by atoms with Crippen molar-refractivity contribution in [1.82, 2.24) is 0 Å². The Balaban J connectivity index is 2.30. The maximum absolute atomic E-state index is 13.6. The third kappa shape index (κ3) is 3.77. The molecule has 0 N–H and O–H groups in total. The van der Waals surface area contributed by atoms with Gasteiger partial charge in [-0.15, -0.1) is 0 Å². The number of benzene rings is 2. The van der Waals surface area contributed by atoms with E-state index in [1.165, 1.54) is 12.1 Å². The lowest BCUT2D eigenvalue weighted by Crippen LogP contribution is -1.97. The summed E-state index contributed by atoms with van der Waals surface area (Å²) < 4.78 is 38.3. The molecule has 0 aromatic heterocycles. The zero-order valence-electron chi connectivity index (χ0n) is 10.9. The predicted octanol–water partition coefficient (Wildman–Crippen LogP) is 3.94. The SMILES string of the molecule is O=[N+]([O-])c1ccc(S(=O)(=O)/C=C/c2ccc(Br)cc2F)cc1. The molecule has 0 aliphatic rings. The molecular weight excluding hydrogens is 377 g/mol. The second kappa shape index (κ2) is 6.37. The Bertz CT molecular complexity index is 848. The molecule has 0 saturated heterocycles. The van der Waals surface area contributed by atoms with E-state index in [1.807, 2.05) is 0 Å². The van der Waals surface area contributed by atoms with Gasteiger partial charge in [-0.3, -0.25) is 10.1 Å². The van der Waals surface area contributed by atoms with Crippen LogP contribution in [-0.2, 0) is 9.84 Å². The first-order valence-corrected chi connectivity index (χ1v) is 8.26. The highest BCUT2D eigenvalue weighted by atomic mass is 79.9. The molecule has 0 radical (unpaired) electrons. The van der Waals surface area contributed by atoms with Crippen molar-refractivity contribution in [3.05, 3.63) is 73.8 Å². The number of nitro benzene ring substituents is 1. The van der Waals surface area contributed by atoms with Gasteiger partial charge in [0.15, 0.2) is 9.84 Å². The minimum atomic E-state index is -3.81. The molecule has 114 valence electrons. The van der Waals surface area contributed by atoms with Crippen molar-refractivity contribution in [2.45, 2.75) is 4.90 Å². The summed E-state index contributed by atoms with van der Waals surface area (Å²) in [4.78, 5) is 9.81. The van der Waals surface area contributed by atoms with Crippen molar-refractivity contribution in [1.29, 1.82) is 0 Å². The summed E-state index contributed by atoms with van der Waals surface area (Å²) in [5.74, 6) is -0.565. The molecule has 0 bridgehead atoms. The lowest BCUT2D eigenvalue weighted by molar-refractivity contribution is -0.384. The van der Waals surface area contributed by atoms with Crippen LogP contribution in [0.4, 0.5) is 10.1 Å². The first kappa shape index (κ1) is 16.3. The van der Waals surface area contributed by atoms with Crippen LogP contribution in [0.1, 0.15) is 5.56 Å². The van der Waals surface area contributed by atoms with Crippen LogP contribution in [0, 0.1) is 15.9 Å². The molecular formula is C14H9BrFNO4S. The van der Waals surface area contributed by atoms with E-state index in [0.29, 0.717) is 4.47 Å². The van der Waals surface area contributed by atoms with E-state index in [-0.39, 0.29) is 16.1 Å². The summed E-state index contributed by atoms with van der Waals surface area (Å²) in [6.07, 6.45) is 1.14. The van der Waals surface area contributed by atoms with Gasteiger partial charge in [0.05, 0.1) is 9.82 Å². The van der Waals surface area contributed by atoms with E-state index in [0.717, 1.165) is 35.7 Å². The van der Waals surface area contributed by atoms with Gasteiger partial charge in [0.25, 0.3) is 5.69 Å². The molecule has 0 atom stereocenters. The van der Waals surface area contributed by atoms with Crippen LogP contribution < -0.4 is 0 Å². The van der Waals surface area contributed by atoms with Crippen LogP contribution in [0.3, 0.4) is 0 Å². The molecule has 0 saturated carbocycles. The van der Waals surface area contributed by atoms with Crippen molar-refractivity contribution in [2.24, 2.45) is 0 Å². The lowest BCUT2D eigenvalue weighted by Gasteiger charge is -2.00. The topological polar surface area (TPSA) is 77.3 Å². The van der Waals surface area contributed by atoms with Crippen LogP contribution in [0.15, 0.2) is 57.2 Å². The highest BCUT2D eigenvalue weighted by molar-refractivity contribution is 9.10. The predicted molar refractivity (Wildman–Crippen MR) is 83.4 cm³/mol. The molecule has 0 aliphatic carbocycles. The van der Waals surface area contributed by atoms with Gasteiger partial charge in [-0.1, -0.05) is 22.0 Å². The Hall–Kier alpha value is -2.06. The minimum absolute atomic E-state index is 0.105. The molecule has 2 aromatic carbocycles. The summed E-state index contributed by atoms with van der Waals surface area (Å²) >= 11 is 3.10. The average Bonchev–Trinajstić information content (AvgIpc) is 2.46. The number of sulfone groups is 1. The van der Waals surface area contributed by atoms with Crippen molar-refractivity contribution >= 4 is 37.5 Å². The first-order valence-electron chi connectivity index (χ1n) is 5.92. The van der Waals surface area contributed by atoms with Crippen molar-refractivity contribution in [3.8, 4) is 0 Å². The Kier molecular flexibility index (Phi) is 4.72. The zero-order valence-corrected chi connectivity index (χ0v) is 13.3. The van der Waals surface area contributed by atoms with E-state index in [4.69, 9.17) is 0 Å². The maximum Gasteiger partial charge on any atom is 0.269 e. The third-order valence-corrected chi connectivity index (χ3v) is 4.68. The summed E-state index contributed by atoms with van der Waals surface area (Å²) in [7, 11) is -3.81. The van der Waals surface area contributed by atoms with Gasteiger partial charge < -0.3 is 0 Å². The molecule has 22 heavy (non-hydrogen) atoms. The van der Waals surface area contributed by atoms with E-state index in [1.54, 1.807) is 6.07 Å². The third-order valence-electron chi connectivity index (χ3n) is 2.77. The summed E-state index contributed by atoms with van der Waals surface area (Å²) in [5, 5.41) is 11.4. The van der Waals surface area contributed by atoms with E-state index in [9.17, 15) is 22.9 Å². The molecule has 5 nitrogen and oxygen atoms in total. The fourth-order valence-corrected chi connectivity index (χ4v) is 2.97. The molecule has 2 rings (SSSR count). The number of halogens is 2. The number of hydrogen-bond acceptors (Lipinski definition) is 4. The van der Waals surface area contributed by atoms with E-state index >= 15 is 0 Å². The zero-order chi connectivity index (χ0) is 16.3. The standard InChI is InChI=1S/C14H9BrFNO4S/c15-11-2-1-10(14(16)9-11)7-8-22(20,21)13-5-3-12(4-6-13)17(18)19/h1-9H/b8-7+. The number of hydrogen-bond donors (Lipinski definition) is 0. The van der Waals surface area contributed by atoms with Crippen molar-refractivity contribution in [3.63, 3.8) is 0 Å². The van der Waals surface area contributed by atoms with E-state index < -0.39 is 20.6 Å². The van der Waals surface area contributed by atoms with Crippen LogP contribution in [0.5, 0.6) is 0 Å². The fourth-order valence-electron chi connectivity index (χ4n) is 1.64. The van der Waals surface area contributed by atoms with Gasteiger partial charge in [-0.2, -0.15) is 0 Å². The Morgan fingerprint density at radius 1 is 1.14 bits per heavy atom. The van der Waals surface area contributed by atoms with Gasteiger partial charge in [0.1, 0.15) is 5.82 Å². The molecule has 0 amide bonds. The average molecular weight is 386 g/mol. The highest BCUT2D eigenvalue weighted by Gasteiger charge is 2.13.